The van der Waals surface area contributed by atoms with Crippen LogP contribution in [0.4, 0.5) is 19.0 Å². The summed E-state index contributed by atoms with van der Waals surface area (Å²) in [5, 5.41) is 0. The van der Waals surface area contributed by atoms with Gasteiger partial charge in [-0.15, -0.1) is 0 Å². The second kappa shape index (κ2) is 5.21. The molecule has 0 aliphatic heterocycles. The number of fused-ring (bicyclic) bond motifs is 3. The maximum absolute atomic E-state index is 13.3. The first-order valence-corrected chi connectivity index (χ1v) is 7.97. The Balaban J connectivity index is 1.78. The third kappa shape index (κ3) is 2.52. The molecule has 1 aromatic heterocycles. The Labute approximate surface area is 133 Å². The summed E-state index contributed by atoms with van der Waals surface area (Å²) >= 11 is 0. The van der Waals surface area contributed by atoms with Crippen LogP contribution in [0, 0.1) is 17.8 Å². The first-order valence-electron chi connectivity index (χ1n) is 7.97. The van der Waals surface area contributed by atoms with Gasteiger partial charge in [-0.1, -0.05) is 6.07 Å². The lowest BCUT2D eigenvalue weighted by atomic mass is 9.53. The number of hydrogen-bond donors (Lipinski definition) is 0. The van der Waals surface area contributed by atoms with Crippen LogP contribution in [-0.4, -0.2) is 24.1 Å². The Morgan fingerprint density at radius 3 is 2.13 bits per heavy atom. The van der Waals surface area contributed by atoms with Gasteiger partial charge in [0.15, 0.2) is 0 Å². The highest BCUT2D eigenvalue weighted by Gasteiger charge is 2.63. The molecular formula is C17H21F3N2O. The van der Waals surface area contributed by atoms with Gasteiger partial charge < -0.3 is 0 Å². The van der Waals surface area contributed by atoms with Crippen molar-refractivity contribution in [1.82, 2.24) is 4.98 Å². The van der Waals surface area contributed by atoms with Crippen molar-refractivity contribution in [2.45, 2.75) is 51.6 Å². The van der Waals surface area contributed by atoms with Crippen LogP contribution in [0.25, 0.3) is 0 Å². The van der Waals surface area contributed by atoms with Gasteiger partial charge in [0, 0.05) is 18.7 Å². The second-order valence-corrected chi connectivity index (χ2v) is 7.12. The van der Waals surface area contributed by atoms with Crippen molar-refractivity contribution < 1.29 is 18.0 Å². The minimum Gasteiger partial charge on any atom is -0.299 e. The Morgan fingerprint density at radius 1 is 1.13 bits per heavy atom. The van der Waals surface area contributed by atoms with Crippen LogP contribution in [0.5, 0.6) is 0 Å². The molecule has 3 nitrogen and oxygen atoms in total. The van der Waals surface area contributed by atoms with Crippen LogP contribution < -0.4 is 4.90 Å². The van der Waals surface area contributed by atoms with Gasteiger partial charge in [-0.3, -0.25) is 9.69 Å². The quantitative estimate of drug-likeness (QED) is 0.814. The van der Waals surface area contributed by atoms with Crippen LogP contribution in [0.2, 0.25) is 0 Å². The molecule has 1 heterocycles. The van der Waals surface area contributed by atoms with Gasteiger partial charge in [0.1, 0.15) is 5.82 Å². The number of rotatable bonds is 2. The number of anilines is 1. The van der Waals surface area contributed by atoms with E-state index < -0.39 is 17.0 Å². The molecule has 126 valence electrons. The molecule has 0 aromatic carbocycles. The molecule has 0 N–H and O–H groups in total. The predicted octanol–water partition coefficient (Wildman–Crippen LogP) is 4.26. The molecule has 6 heteroatoms. The fraction of sp³-hybridized carbons (Fsp3) is 0.647. The van der Waals surface area contributed by atoms with E-state index >= 15 is 0 Å². The summed E-state index contributed by atoms with van der Waals surface area (Å²) in [6.45, 7) is 1.91. The fourth-order valence-corrected chi connectivity index (χ4v) is 4.05. The zero-order chi connectivity index (χ0) is 16.9. The van der Waals surface area contributed by atoms with E-state index in [9.17, 15) is 18.0 Å². The van der Waals surface area contributed by atoms with E-state index in [0.29, 0.717) is 25.1 Å². The molecule has 4 rings (SSSR count). The van der Waals surface area contributed by atoms with Crippen molar-refractivity contribution in [1.29, 1.82) is 0 Å². The molecule has 0 unspecified atom stereocenters. The minimum atomic E-state index is -4.16. The van der Waals surface area contributed by atoms with Crippen molar-refractivity contribution in [3.05, 3.63) is 23.9 Å². The Bertz CT molecular complexity index is 585. The molecule has 0 atom stereocenters. The predicted molar refractivity (Wildman–Crippen MR) is 81.0 cm³/mol. The molecule has 3 saturated carbocycles. The third-order valence-electron chi connectivity index (χ3n) is 5.85. The molecule has 3 aliphatic rings. The smallest absolute Gasteiger partial charge is 0.299 e. The van der Waals surface area contributed by atoms with Crippen molar-refractivity contribution in [2.24, 2.45) is 10.8 Å². The van der Waals surface area contributed by atoms with E-state index in [2.05, 4.69) is 4.98 Å². The fourth-order valence-electron chi connectivity index (χ4n) is 4.05. The SMILES string of the molecule is Cc1ccc(N(C)C(=O)C23CCC(C(F)(F)F)(CC2)CC3)nc1. The number of aryl methyl sites for hydroxylation is 1. The van der Waals surface area contributed by atoms with Crippen LogP contribution in [-0.2, 0) is 4.79 Å². The van der Waals surface area contributed by atoms with E-state index in [1.165, 1.54) is 4.90 Å². The highest BCUT2D eigenvalue weighted by atomic mass is 19.4. The molecule has 0 radical (unpaired) electrons. The van der Waals surface area contributed by atoms with E-state index in [1.54, 1.807) is 19.3 Å². The number of halogens is 3. The zero-order valence-corrected chi connectivity index (χ0v) is 13.4. The number of nitrogens with zero attached hydrogens (tertiary/aromatic N) is 2. The number of carbonyl (C=O) groups is 1. The number of amides is 1. The number of alkyl halides is 3. The van der Waals surface area contributed by atoms with Crippen molar-refractivity contribution >= 4 is 11.7 Å². The summed E-state index contributed by atoms with van der Waals surface area (Å²) < 4.78 is 39.9. The monoisotopic (exact) mass is 326 g/mol. The summed E-state index contributed by atoms with van der Waals surface area (Å²) in [6, 6.07) is 3.65. The van der Waals surface area contributed by atoms with E-state index in [0.717, 1.165) is 5.56 Å². The van der Waals surface area contributed by atoms with Crippen molar-refractivity contribution in [3.63, 3.8) is 0 Å². The number of aromatic nitrogens is 1. The molecule has 1 amide bonds. The molecule has 1 aromatic rings. The lowest BCUT2D eigenvalue weighted by Gasteiger charge is -2.53. The van der Waals surface area contributed by atoms with E-state index in [-0.39, 0.29) is 25.2 Å². The maximum atomic E-state index is 13.3. The topological polar surface area (TPSA) is 33.2 Å². The minimum absolute atomic E-state index is 0.0669. The number of pyridine rings is 1. The first kappa shape index (κ1) is 16.3. The summed E-state index contributed by atoms with van der Waals surface area (Å²) in [6.07, 6.45) is -1.31. The molecule has 2 bridgehead atoms. The van der Waals surface area contributed by atoms with Crippen LogP contribution in [0.3, 0.4) is 0 Å². The van der Waals surface area contributed by atoms with Crippen LogP contribution in [0.15, 0.2) is 18.3 Å². The van der Waals surface area contributed by atoms with Gasteiger partial charge in [-0.2, -0.15) is 13.2 Å². The summed E-state index contributed by atoms with van der Waals surface area (Å²) in [5.74, 6) is 0.456. The molecule has 3 fully saturated rings. The summed E-state index contributed by atoms with van der Waals surface area (Å²) in [5.41, 5.74) is -1.21. The van der Waals surface area contributed by atoms with E-state index in [4.69, 9.17) is 0 Å². The normalized spacial score (nSPS) is 30.3. The second-order valence-electron chi connectivity index (χ2n) is 7.12. The van der Waals surface area contributed by atoms with Crippen molar-refractivity contribution in [2.75, 3.05) is 11.9 Å². The molecule has 0 saturated heterocycles. The number of carbonyl (C=O) groups excluding carboxylic acids is 1. The van der Waals surface area contributed by atoms with Gasteiger partial charge in [0.05, 0.1) is 5.41 Å². The molecular weight excluding hydrogens is 305 g/mol. The van der Waals surface area contributed by atoms with Gasteiger partial charge in [-0.25, -0.2) is 4.98 Å². The lowest BCUT2D eigenvalue weighted by molar-refractivity contribution is -0.258. The summed E-state index contributed by atoms with van der Waals surface area (Å²) in [4.78, 5) is 18.7. The molecule has 0 spiro atoms. The Kier molecular flexibility index (Phi) is 3.69. The van der Waals surface area contributed by atoms with Crippen molar-refractivity contribution in [3.8, 4) is 0 Å². The van der Waals surface area contributed by atoms with Gasteiger partial charge >= 0.3 is 6.18 Å². The zero-order valence-electron chi connectivity index (χ0n) is 13.4. The average Bonchev–Trinajstić information content (AvgIpc) is 2.55. The lowest BCUT2D eigenvalue weighted by Crippen LogP contribution is -2.55. The highest BCUT2D eigenvalue weighted by Crippen LogP contribution is 2.63. The largest absolute Gasteiger partial charge is 0.394 e. The summed E-state index contributed by atoms with van der Waals surface area (Å²) in [7, 11) is 1.66. The maximum Gasteiger partial charge on any atom is 0.394 e. The first-order chi connectivity index (χ1) is 10.7. The highest BCUT2D eigenvalue weighted by molar-refractivity contribution is 5.96. The third-order valence-corrected chi connectivity index (χ3v) is 5.85. The van der Waals surface area contributed by atoms with Crippen LogP contribution >= 0.6 is 0 Å². The standard InChI is InChI=1S/C17H21F3N2O/c1-12-3-4-13(21-11-12)22(2)14(23)15-5-8-16(9-6-15,10-7-15)17(18,19)20/h3-4,11H,5-10H2,1-2H3. The molecule has 23 heavy (non-hydrogen) atoms. The number of hydrogen-bond acceptors (Lipinski definition) is 2. The molecule has 3 aliphatic carbocycles. The Morgan fingerprint density at radius 2 is 1.70 bits per heavy atom. The van der Waals surface area contributed by atoms with Gasteiger partial charge in [0.2, 0.25) is 5.91 Å². The van der Waals surface area contributed by atoms with Gasteiger partial charge in [-0.05, 0) is 57.1 Å². The van der Waals surface area contributed by atoms with E-state index in [1.807, 2.05) is 13.0 Å². The van der Waals surface area contributed by atoms with Gasteiger partial charge in [0.25, 0.3) is 0 Å². The average molecular weight is 326 g/mol. The Hall–Kier alpha value is -1.59. The van der Waals surface area contributed by atoms with Crippen LogP contribution in [0.1, 0.15) is 44.1 Å².